The van der Waals surface area contributed by atoms with Crippen LogP contribution >= 0.6 is 0 Å². The van der Waals surface area contributed by atoms with Crippen molar-refractivity contribution in [2.24, 2.45) is 0 Å². The zero-order valence-electron chi connectivity index (χ0n) is 8.28. The molecule has 15 heavy (non-hydrogen) atoms. The van der Waals surface area contributed by atoms with E-state index in [0.717, 1.165) is 0 Å². The fourth-order valence-corrected chi connectivity index (χ4v) is 0.930. The van der Waals surface area contributed by atoms with E-state index in [1.54, 1.807) is 24.3 Å². The van der Waals surface area contributed by atoms with Crippen LogP contribution in [0.2, 0.25) is 0 Å². The molecule has 0 aliphatic heterocycles. The van der Waals surface area contributed by atoms with Crippen molar-refractivity contribution in [3.05, 3.63) is 24.3 Å². The largest absolute Gasteiger partial charge is 0.506 e. The third-order valence-electron chi connectivity index (χ3n) is 1.65. The first-order chi connectivity index (χ1) is 7.24. The number of phenols is 1. The number of methoxy groups -OCH3 is 1. The predicted molar refractivity (Wildman–Crippen MR) is 56.4 cm³/mol. The summed E-state index contributed by atoms with van der Waals surface area (Å²) in [5.74, 6) is 4.41. The van der Waals surface area contributed by atoms with Gasteiger partial charge in [-0.15, -0.1) is 0 Å². The molecule has 4 heteroatoms. The Balaban J connectivity index is 2.47. The topological polar surface area (TPSA) is 58.6 Å². The number of hydrogen-bond acceptors (Lipinski definition) is 4. The van der Waals surface area contributed by atoms with Crippen molar-refractivity contribution in [3.8, 4) is 17.6 Å². The Morgan fingerprint density at radius 3 is 2.93 bits per heavy atom. The number of phenolic OH excluding ortho intramolecular Hbond substituents is 1. The average molecular weight is 205 g/mol. The van der Waals surface area contributed by atoms with Gasteiger partial charge in [-0.05, 0) is 12.1 Å². The van der Waals surface area contributed by atoms with Gasteiger partial charge in [0.05, 0.1) is 19.3 Å². The molecule has 0 fully saturated rings. The number of para-hydroxylation sites is 2. The molecule has 0 unspecified atom stereocenters. The number of ether oxygens (including phenoxy) is 1. The maximum Gasteiger partial charge on any atom is 0.384 e. The Kier molecular flexibility index (Phi) is 4.05. The second-order valence-electron chi connectivity index (χ2n) is 2.66. The van der Waals surface area contributed by atoms with Gasteiger partial charge in [0.2, 0.25) is 0 Å². The fourth-order valence-electron chi connectivity index (χ4n) is 0.930. The zero-order valence-corrected chi connectivity index (χ0v) is 8.28. The molecular formula is C11H11NO3. The van der Waals surface area contributed by atoms with Crippen molar-refractivity contribution < 1.29 is 14.6 Å². The number of esters is 1. The highest BCUT2D eigenvalue weighted by Crippen LogP contribution is 2.20. The average Bonchev–Trinajstić information content (AvgIpc) is 2.26. The highest BCUT2D eigenvalue weighted by molar-refractivity contribution is 5.88. The highest BCUT2D eigenvalue weighted by atomic mass is 16.5. The van der Waals surface area contributed by atoms with Crippen LogP contribution in [0.4, 0.5) is 5.69 Å². The normalized spacial score (nSPS) is 8.60. The molecule has 0 aromatic heterocycles. The number of carbonyl (C=O) groups excluding carboxylic acids is 1. The smallest absolute Gasteiger partial charge is 0.384 e. The number of nitrogens with one attached hydrogen (secondary N) is 1. The molecule has 0 amide bonds. The third-order valence-corrected chi connectivity index (χ3v) is 1.65. The van der Waals surface area contributed by atoms with Crippen molar-refractivity contribution >= 4 is 11.7 Å². The number of anilines is 1. The number of rotatable bonds is 2. The monoisotopic (exact) mass is 205 g/mol. The van der Waals surface area contributed by atoms with Gasteiger partial charge in [-0.2, -0.15) is 0 Å². The SMILES string of the molecule is COC(=O)C#CCNc1ccccc1O. The molecular weight excluding hydrogens is 194 g/mol. The summed E-state index contributed by atoms with van der Waals surface area (Å²) in [6, 6.07) is 6.79. The van der Waals surface area contributed by atoms with Gasteiger partial charge in [-0.1, -0.05) is 18.1 Å². The number of carbonyl (C=O) groups is 1. The Morgan fingerprint density at radius 1 is 1.53 bits per heavy atom. The summed E-state index contributed by atoms with van der Waals surface area (Å²) in [5.41, 5.74) is 0.580. The van der Waals surface area contributed by atoms with E-state index in [2.05, 4.69) is 21.9 Å². The molecule has 0 saturated heterocycles. The van der Waals surface area contributed by atoms with Gasteiger partial charge < -0.3 is 15.2 Å². The number of benzene rings is 1. The predicted octanol–water partition coefficient (Wildman–Crippen LogP) is 0.980. The second-order valence-corrected chi connectivity index (χ2v) is 2.66. The van der Waals surface area contributed by atoms with Crippen LogP contribution in [0.3, 0.4) is 0 Å². The summed E-state index contributed by atoms with van der Waals surface area (Å²) in [7, 11) is 1.27. The van der Waals surface area contributed by atoms with Gasteiger partial charge >= 0.3 is 5.97 Å². The molecule has 1 aromatic carbocycles. The van der Waals surface area contributed by atoms with E-state index in [1.165, 1.54) is 7.11 Å². The summed E-state index contributed by atoms with van der Waals surface area (Å²) >= 11 is 0. The van der Waals surface area contributed by atoms with Crippen LogP contribution in [-0.2, 0) is 9.53 Å². The van der Waals surface area contributed by atoms with Crippen LogP contribution in [0.15, 0.2) is 24.3 Å². The van der Waals surface area contributed by atoms with Gasteiger partial charge in [0.1, 0.15) is 5.75 Å². The lowest BCUT2D eigenvalue weighted by Gasteiger charge is -2.03. The Labute approximate surface area is 87.9 Å². The highest BCUT2D eigenvalue weighted by Gasteiger charge is 1.95. The zero-order chi connectivity index (χ0) is 11.1. The van der Waals surface area contributed by atoms with Crippen LogP contribution < -0.4 is 5.32 Å². The van der Waals surface area contributed by atoms with E-state index in [1.807, 2.05) is 0 Å². The van der Waals surface area contributed by atoms with Crippen LogP contribution in [0.5, 0.6) is 5.75 Å². The molecule has 0 radical (unpaired) electrons. The van der Waals surface area contributed by atoms with Crippen LogP contribution in [0.25, 0.3) is 0 Å². The summed E-state index contributed by atoms with van der Waals surface area (Å²) in [4.78, 5) is 10.6. The molecule has 0 aliphatic carbocycles. The molecule has 0 atom stereocenters. The maximum atomic E-state index is 10.6. The van der Waals surface area contributed by atoms with Crippen molar-refractivity contribution in [3.63, 3.8) is 0 Å². The lowest BCUT2D eigenvalue weighted by atomic mass is 10.3. The minimum absolute atomic E-state index is 0.150. The number of hydrogen-bond donors (Lipinski definition) is 2. The van der Waals surface area contributed by atoms with E-state index >= 15 is 0 Å². The molecule has 0 aliphatic rings. The van der Waals surface area contributed by atoms with Crippen molar-refractivity contribution in [1.29, 1.82) is 0 Å². The third kappa shape index (κ3) is 3.61. The lowest BCUT2D eigenvalue weighted by Crippen LogP contribution is -2.01. The minimum atomic E-state index is -0.575. The summed E-state index contributed by atoms with van der Waals surface area (Å²) in [5, 5.41) is 12.2. The lowest BCUT2D eigenvalue weighted by molar-refractivity contribution is -0.133. The summed E-state index contributed by atoms with van der Waals surface area (Å²) in [6.45, 7) is 0.271. The van der Waals surface area contributed by atoms with Crippen LogP contribution in [-0.4, -0.2) is 24.7 Å². The molecule has 4 nitrogen and oxygen atoms in total. The number of aromatic hydroxyl groups is 1. The van der Waals surface area contributed by atoms with E-state index in [9.17, 15) is 9.90 Å². The van der Waals surface area contributed by atoms with Crippen molar-refractivity contribution in [1.82, 2.24) is 0 Å². The Morgan fingerprint density at radius 2 is 2.27 bits per heavy atom. The van der Waals surface area contributed by atoms with E-state index < -0.39 is 5.97 Å². The molecule has 78 valence electrons. The summed E-state index contributed by atoms with van der Waals surface area (Å²) < 4.78 is 4.34. The minimum Gasteiger partial charge on any atom is -0.506 e. The van der Waals surface area contributed by atoms with Gasteiger partial charge in [0.15, 0.2) is 0 Å². The van der Waals surface area contributed by atoms with Crippen LogP contribution in [0.1, 0.15) is 0 Å². The Hall–Kier alpha value is -2.15. The van der Waals surface area contributed by atoms with Gasteiger partial charge in [0, 0.05) is 5.92 Å². The van der Waals surface area contributed by atoms with E-state index in [-0.39, 0.29) is 12.3 Å². The first-order valence-corrected chi connectivity index (χ1v) is 4.32. The molecule has 2 N–H and O–H groups in total. The van der Waals surface area contributed by atoms with Gasteiger partial charge in [-0.3, -0.25) is 0 Å². The molecule has 0 heterocycles. The molecule has 1 aromatic rings. The first-order valence-electron chi connectivity index (χ1n) is 4.32. The standard InChI is InChI=1S/C11H11NO3/c1-15-11(14)7-4-8-12-9-5-2-3-6-10(9)13/h2-3,5-6,12-13H,8H2,1H3. The van der Waals surface area contributed by atoms with E-state index in [4.69, 9.17) is 0 Å². The van der Waals surface area contributed by atoms with Crippen molar-refractivity contribution in [2.45, 2.75) is 0 Å². The molecule has 0 spiro atoms. The quantitative estimate of drug-likeness (QED) is 0.327. The van der Waals surface area contributed by atoms with Gasteiger partial charge in [-0.25, -0.2) is 4.79 Å². The maximum absolute atomic E-state index is 10.6. The second kappa shape index (κ2) is 5.55. The molecule has 0 saturated carbocycles. The molecule has 1 rings (SSSR count). The molecule has 0 bridgehead atoms. The van der Waals surface area contributed by atoms with E-state index in [0.29, 0.717) is 5.69 Å². The summed E-state index contributed by atoms with van der Waals surface area (Å²) in [6.07, 6.45) is 0. The Bertz CT molecular complexity index is 404. The fraction of sp³-hybridized carbons (Fsp3) is 0.182. The first kappa shape index (κ1) is 10.9. The van der Waals surface area contributed by atoms with Crippen molar-refractivity contribution in [2.75, 3.05) is 19.0 Å². The van der Waals surface area contributed by atoms with Crippen LogP contribution in [0, 0.1) is 11.8 Å². The van der Waals surface area contributed by atoms with Gasteiger partial charge in [0.25, 0.3) is 0 Å².